The lowest BCUT2D eigenvalue weighted by Crippen LogP contribution is -2.36. The van der Waals surface area contributed by atoms with Crippen LogP contribution in [0.25, 0.3) is 0 Å². The molecule has 1 aliphatic carbocycles. The lowest BCUT2D eigenvalue weighted by molar-refractivity contribution is 0.116. The molecule has 0 spiro atoms. The van der Waals surface area contributed by atoms with Crippen molar-refractivity contribution in [1.82, 2.24) is 5.32 Å². The maximum absolute atomic E-state index is 5.96. The van der Waals surface area contributed by atoms with Gasteiger partial charge in [-0.3, -0.25) is 0 Å². The predicted octanol–water partition coefficient (Wildman–Crippen LogP) is 0.738. The molecular weight excluding hydrogens is 164 g/mol. The third-order valence-corrected chi connectivity index (χ3v) is 2.96. The van der Waals surface area contributed by atoms with Gasteiger partial charge in [0.1, 0.15) is 0 Å². The summed E-state index contributed by atoms with van der Waals surface area (Å²) in [5.41, 5.74) is 5.96. The zero-order valence-electron chi connectivity index (χ0n) is 8.75. The van der Waals surface area contributed by atoms with Crippen LogP contribution < -0.4 is 11.1 Å². The minimum atomic E-state index is 0.303. The van der Waals surface area contributed by atoms with Crippen molar-refractivity contribution < 1.29 is 4.74 Å². The molecule has 0 aromatic rings. The molecule has 13 heavy (non-hydrogen) atoms. The van der Waals surface area contributed by atoms with Gasteiger partial charge in [0.05, 0.1) is 6.10 Å². The van der Waals surface area contributed by atoms with Crippen molar-refractivity contribution in [3.8, 4) is 0 Å². The van der Waals surface area contributed by atoms with Gasteiger partial charge in [-0.05, 0) is 32.2 Å². The average Bonchev–Trinajstić information content (AvgIpc) is 2.52. The third kappa shape index (κ3) is 3.63. The summed E-state index contributed by atoms with van der Waals surface area (Å²) in [5.74, 6) is 0.684. The largest absolute Gasteiger partial charge is 0.380 e. The van der Waals surface area contributed by atoms with Gasteiger partial charge in [-0.15, -0.1) is 0 Å². The van der Waals surface area contributed by atoms with E-state index in [0.29, 0.717) is 18.1 Å². The minimum absolute atomic E-state index is 0.303. The summed E-state index contributed by atoms with van der Waals surface area (Å²) in [5, 5.41) is 3.40. The maximum Gasteiger partial charge on any atom is 0.0667 e. The first-order valence-electron chi connectivity index (χ1n) is 5.23. The van der Waals surface area contributed by atoms with Crippen LogP contribution in [0.4, 0.5) is 0 Å². The summed E-state index contributed by atoms with van der Waals surface area (Å²) in [6, 6.07) is 0.422. The Morgan fingerprint density at radius 1 is 1.54 bits per heavy atom. The third-order valence-electron chi connectivity index (χ3n) is 2.96. The average molecular weight is 186 g/mol. The molecule has 0 bridgehead atoms. The first-order chi connectivity index (χ1) is 6.24. The van der Waals surface area contributed by atoms with Gasteiger partial charge >= 0.3 is 0 Å². The van der Waals surface area contributed by atoms with Gasteiger partial charge in [-0.25, -0.2) is 0 Å². The summed E-state index contributed by atoms with van der Waals surface area (Å²) in [4.78, 5) is 0. The molecule has 1 saturated carbocycles. The molecular formula is C10H22N2O. The van der Waals surface area contributed by atoms with Gasteiger partial charge in [-0.2, -0.15) is 0 Å². The number of rotatable bonds is 5. The highest BCUT2D eigenvalue weighted by molar-refractivity contribution is 4.81. The normalized spacial score (nSPS) is 30.7. The maximum atomic E-state index is 5.96. The van der Waals surface area contributed by atoms with Gasteiger partial charge in [0.2, 0.25) is 0 Å². The van der Waals surface area contributed by atoms with Crippen LogP contribution in [-0.4, -0.2) is 32.3 Å². The van der Waals surface area contributed by atoms with E-state index < -0.39 is 0 Å². The molecule has 3 atom stereocenters. The van der Waals surface area contributed by atoms with Crippen LogP contribution in [0.15, 0.2) is 0 Å². The van der Waals surface area contributed by atoms with Crippen molar-refractivity contribution in [3.05, 3.63) is 0 Å². The van der Waals surface area contributed by atoms with Crippen molar-refractivity contribution in [3.63, 3.8) is 0 Å². The summed E-state index contributed by atoms with van der Waals surface area (Å²) in [6.45, 7) is 4.05. The molecule has 78 valence electrons. The molecule has 1 aliphatic rings. The number of ether oxygens (including phenoxy) is 1. The fraction of sp³-hybridized carbons (Fsp3) is 1.00. The van der Waals surface area contributed by atoms with Gasteiger partial charge in [0.15, 0.2) is 0 Å². The molecule has 3 nitrogen and oxygen atoms in total. The second-order valence-corrected chi connectivity index (χ2v) is 4.06. The number of hydrogen-bond acceptors (Lipinski definition) is 3. The Morgan fingerprint density at radius 2 is 2.31 bits per heavy atom. The number of nitrogens with two attached hydrogens (primary N) is 1. The fourth-order valence-corrected chi connectivity index (χ4v) is 1.87. The van der Waals surface area contributed by atoms with Crippen molar-refractivity contribution in [2.24, 2.45) is 11.7 Å². The SMILES string of the molecule is COC(C)CNCC1CCCC1N. The predicted molar refractivity (Wildman–Crippen MR) is 54.7 cm³/mol. The Morgan fingerprint density at radius 3 is 2.85 bits per heavy atom. The molecule has 3 heteroatoms. The molecule has 0 amide bonds. The van der Waals surface area contributed by atoms with E-state index in [1.165, 1.54) is 19.3 Å². The zero-order chi connectivity index (χ0) is 9.68. The second kappa shape index (κ2) is 5.58. The number of nitrogens with one attached hydrogen (secondary N) is 1. The van der Waals surface area contributed by atoms with Gasteiger partial charge < -0.3 is 15.8 Å². The summed E-state index contributed by atoms with van der Waals surface area (Å²) < 4.78 is 5.15. The molecule has 0 aromatic carbocycles. The molecule has 1 rings (SSSR count). The van der Waals surface area contributed by atoms with Crippen molar-refractivity contribution in [2.75, 3.05) is 20.2 Å². The number of methoxy groups -OCH3 is 1. The molecule has 0 aromatic heterocycles. The van der Waals surface area contributed by atoms with E-state index in [4.69, 9.17) is 10.5 Å². The van der Waals surface area contributed by atoms with E-state index in [9.17, 15) is 0 Å². The summed E-state index contributed by atoms with van der Waals surface area (Å²) >= 11 is 0. The topological polar surface area (TPSA) is 47.3 Å². The first-order valence-corrected chi connectivity index (χ1v) is 5.23. The van der Waals surface area contributed by atoms with E-state index in [1.807, 2.05) is 0 Å². The molecule has 0 aliphatic heterocycles. The summed E-state index contributed by atoms with van der Waals surface area (Å²) in [6.07, 6.45) is 4.09. The molecule has 0 radical (unpaired) electrons. The van der Waals surface area contributed by atoms with E-state index in [0.717, 1.165) is 13.1 Å². The quantitative estimate of drug-likeness (QED) is 0.665. The van der Waals surface area contributed by atoms with Crippen LogP contribution in [0.5, 0.6) is 0 Å². The van der Waals surface area contributed by atoms with Crippen LogP contribution in [0.3, 0.4) is 0 Å². The standard InChI is InChI=1S/C10H22N2O/c1-8(13-2)6-12-7-9-4-3-5-10(9)11/h8-10,12H,3-7,11H2,1-2H3. The lowest BCUT2D eigenvalue weighted by Gasteiger charge is -2.17. The molecule has 0 heterocycles. The zero-order valence-corrected chi connectivity index (χ0v) is 8.75. The lowest BCUT2D eigenvalue weighted by atomic mass is 10.0. The van der Waals surface area contributed by atoms with Gasteiger partial charge in [-0.1, -0.05) is 6.42 Å². The highest BCUT2D eigenvalue weighted by Gasteiger charge is 2.23. The Hall–Kier alpha value is -0.120. The van der Waals surface area contributed by atoms with E-state index in [-0.39, 0.29) is 0 Å². The van der Waals surface area contributed by atoms with Gasteiger partial charge in [0.25, 0.3) is 0 Å². The van der Waals surface area contributed by atoms with Crippen LogP contribution in [0.2, 0.25) is 0 Å². The van der Waals surface area contributed by atoms with Crippen molar-refractivity contribution in [2.45, 2.75) is 38.3 Å². The summed E-state index contributed by atoms with van der Waals surface area (Å²) in [7, 11) is 1.74. The van der Waals surface area contributed by atoms with E-state index >= 15 is 0 Å². The van der Waals surface area contributed by atoms with E-state index in [2.05, 4.69) is 12.2 Å². The number of hydrogen-bond donors (Lipinski definition) is 2. The minimum Gasteiger partial charge on any atom is -0.380 e. The highest BCUT2D eigenvalue weighted by Crippen LogP contribution is 2.22. The monoisotopic (exact) mass is 186 g/mol. The molecule has 3 unspecified atom stereocenters. The van der Waals surface area contributed by atoms with Gasteiger partial charge in [0, 0.05) is 19.7 Å². The first kappa shape index (κ1) is 11.0. The smallest absolute Gasteiger partial charge is 0.0667 e. The Bertz CT molecular complexity index is 141. The van der Waals surface area contributed by atoms with Crippen LogP contribution in [0.1, 0.15) is 26.2 Å². The highest BCUT2D eigenvalue weighted by atomic mass is 16.5. The second-order valence-electron chi connectivity index (χ2n) is 4.06. The van der Waals surface area contributed by atoms with E-state index in [1.54, 1.807) is 7.11 Å². The van der Waals surface area contributed by atoms with Crippen molar-refractivity contribution in [1.29, 1.82) is 0 Å². The Balaban J connectivity index is 2.05. The Labute approximate surface area is 81.0 Å². The Kier molecular flexibility index (Phi) is 4.70. The van der Waals surface area contributed by atoms with Crippen LogP contribution >= 0.6 is 0 Å². The molecule has 1 fully saturated rings. The van der Waals surface area contributed by atoms with Crippen molar-refractivity contribution >= 4 is 0 Å². The molecule has 3 N–H and O–H groups in total. The molecule has 0 saturated heterocycles. The van der Waals surface area contributed by atoms with Crippen LogP contribution in [0, 0.1) is 5.92 Å². The fourth-order valence-electron chi connectivity index (χ4n) is 1.87. The van der Waals surface area contributed by atoms with Crippen LogP contribution in [-0.2, 0) is 4.74 Å².